The predicted octanol–water partition coefficient (Wildman–Crippen LogP) is 2.16. The molecule has 0 saturated heterocycles. The zero-order valence-corrected chi connectivity index (χ0v) is 13.2. The van der Waals surface area contributed by atoms with Gasteiger partial charge in [0.15, 0.2) is 0 Å². The maximum Gasteiger partial charge on any atom is 0.0255 e. The van der Waals surface area contributed by atoms with Crippen LogP contribution in [0.5, 0.6) is 0 Å². The topological polar surface area (TPSA) is 32.5 Å². The quantitative estimate of drug-likeness (QED) is 0.817. The molecule has 3 atom stereocenters. The van der Waals surface area contributed by atoms with Gasteiger partial charge in [-0.2, -0.15) is 0 Å². The van der Waals surface area contributed by atoms with Crippen molar-refractivity contribution in [2.24, 2.45) is 11.1 Å². The lowest BCUT2D eigenvalue weighted by atomic mass is 9.70. The van der Waals surface area contributed by atoms with Crippen molar-refractivity contribution in [1.29, 1.82) is 0 Å². The molecule has 0 bridgehead atoms. The molecule has 3 unspecified atom stereocenters. The van der Waals surface area contributed by atoms with Gasteiger partial charge in [-0.25, -0.2) is 0 Å². The molecule has 0 aromatic heterocycles. The highest BCUT2D eigenvalue weighted by Crippen LogP contribution is 2.37. The first-order valence-corrected chi connectivity index (χ1v) is 7.45. The zero-order valence-electron chi connectivity index (χ0n) is 13.2. The van der Waals surface area contributed by atoms with Gasteiger partial charge in [-0.15, -0.1) is 0 Å². The number of hydrogen-bond acceptors (Lipinski definition) is 3. The van der Waals surface area contributed by atoms with Gasteiger partial charge in [0.05, 0.1) is 0 Å². The minimum Gasteiger partial charge on any atom is -0.326 e. The molecule has 0 heterocycles. The van der Waals surface area contributed by atoms with Crippen LogP contribution in [0.1, 0.15) is 47.0 Å². The van der Waals surface area contributed by atoms with Crippen LogP contribution in [0.25, 0.3) is 0 Å². The Morgan fingerprint density at radius 1 is 1.33 bits per heavy atom. The number of likely N-dealkylation sites (N-methyl/N-ethyl adjacent to an activating group) is 2. The average Bonchev–Trinajstić information content (AvgIpc) is 2.24. The van der Waals surface area contributed by atoms with E-state index >= 15 is 0 Å². The molecule has 0 aromatic rings. The van der Waals surface area contributed by atoms with E-state index < -0.39 is 0 Å². The van der Waals surface area contributed by atoms with Crippen LogP contribution in [0.2, 0.25) is 0 Å². The number of nitrogens with zero attached hydrogens (tertiary/aromatic N) is 2. The van der Waals surface area contributed by atoms with E-state index in [4.69, 9.17) is 5.73 Å². The summed E-state index contributed by atoms with van der Waals surface area (Å²) in [6.07, 6.45) is 3.84. The highest BCUT2D eigenvalue weighted by atomic mass is 15.2. The van der Waals surface area contributed by atoms with Gasteiger partial charge < -0.3 is 10.6 Å². The molecular weight excluding hydrogens is 222 g/mol. The molecule has 3 heteroatoms. The fraction of sp³-hybridized carbons (Fsp3) is 1.00. The summed E-state index contributed by atoms with van der Waals surface area (Å²) in [7, 11) is 4.30. The summed E-state index contributed by atoms with van der Waals surface area (Å²) in [6.45, 7) is 11.5. The first kappa shape index (κ1) is 15.9. The molecule has 0 aliphatic heterocycles. The Kier molecular flexibility index (Phi) is 5.63. The number of rotatable bonds is 5. The minimum absolute atomic E-state index is 0.286. The van der Waals surface area contributed by atoms with Gasteiger partial charge in [0.1, 0.15) is 0 Å². The van der Waals surface area contributed by atoms with Gasteiger partial charge in [-0.3, -0.25) is 4.90 Å². The highest BCUT2D eigenvalue weighted by molar-refractivity contribution is 4.97. The van der Waals surface area contributed by atoms with Crippen molar-refractivity contribution in [3.8, 4) is 0 Å². The third kappa shape index (κ3) is 3.69. The van der Waals surface area contributed by atoms with Crippen LogP contribution in [-0.4, -0.2) is 55.1 Å². The van der Waals surface area contributed by atoms with Gasteiger partial charge in [0.2, 0.25) is 0 Å². The van der Waals surface area contributed by atoms with Crippen molar-refractivity contribution in [3.63, 3.8) is 0 Å². The SMILES string of the molecule is CCN(C(C)CN(C)C)C1CCCC(C)(C)C1N. The van der Waals surface area contributed by atoms with E-state index in [1.165, 1.54) is 19.3 Å². The van der Waals surface area contributed by atoms with E-state index in [0.29, 0.717) is 18.1 Å². The molecule has 1 rings (SSSR count). The van der Waals surface area contributed by atoms with Gasteiger partial charge in [0.25, 0.3) is 0 Å². The first-order valence-electron chi connectivity index (χ1n) is 7.45. The second kappa shape index (κ2) is 6.36. The Morgan fingerprint density at radius 3 is 2.44 bits per heavy atom. The molecular formula is C15H33N3. The molecule has 3 nitrogen and oxygen atoms in total. The smallest absolute Gasteiger partial charge is 0.0255 e. The van der Waals surface area contributed by atoms with Crippen molar-refractivity contribution < 1.29 is 0 Å². The summed E-state index contributed by atoms with van der Waals surface area (Å²) in [5.74, 6) is 0. The van der Waals surface area contributed by atoms with E-state index in [0.717, 1.165) is 13.1 Å². The number of nitrogens with two attached hydrogens (primary N) is 1. The second-order valence-corrected chi connectivity index (χ2v) is 6.92. The van der Waals surface area contributed by atoms with Gasteiger partial charge in [-0.05, 0) is 45.8 Å². The Labute approximate surface area is 114 Å². The molecule has 1 aliphatic carbocycles. The summed E-state index contributed by atoms with van der Waals surface area (Å²) in [6, 6.07) is 1.43. The molecule has 1 aliphatic rings. The largest absolute Gasteiger partial charge is 0.326 e. The van der Waals surface area contributed by atoms with Crippen molar-refractivity contribution in [2.75, 3.05) is 27.2 Å². The van der Waals surface area contributed by atoms with E-state index in [-0.39, 0.29) is 5.41 Å². The highest BCUT2D eigenvalue weighted by Gasteiger charge is 2.39. The molecule has 0 aromatic carbocycles. The molecule has 0 radical (unpaired) electrons. The predicted molar refractivity (Wildman–Crippen MR) is 79.8 cm³/mol. The molecule has 0 amide bonds. The summed E-state index contributed by atoms with van der Waals surface area (Å²) in [5, 5.41) is 0. The maximum absolute atomic E-state index is 6.55. The molecule has 2 N–H and O–H groups in total. The number of hydrogen-bond donors (Lipinski definition) is 1. The second-order valence-electron chi connectivity index (χ2n) is 6.92. The van der Waals surface area contributed by atoms with Crippen LogP contribution in [-0.2, 0) is 0 Å². The monoisotopic (exact) mass is 255 g/mol. The van der Waals surface area contributed by atoms with Crippen molar-refractivity contribution in [1.82, 2.24) is 9.80 Å². The van der Waals surface area contributed by atoms with Gasteiger partial charge in [-0.1, -0.05) is 27.2 Å². The molecule has 1 fully saturated rings. The van der Waals surface area contributed by atoms with E-state index in [1.807, 2.05) is 0 Å². The van der Waals surface area contributed by atoms with Crippen LogP contribution in [0.15, 0.2) is 0 Å². The third-order valence-corrected chi connectivity index (χ3v) is 4.62. The van der Waals surface area contributed by atoms with Crippen LogP contribution >= 0.6 is 0 Å². The lowest BCUT2D eigenvalue weighted by Gasteiger charge is -2.48. The fourth-order valence-corrected chi connectivity index (χ4v) is 3.51. The van der Waals surface area contributed by atoms with Gasteiger partial charge >= 0.3 is 0 Å². The zero-order chi connectivity index (χ0) is 13.9. The molecule has 1 saturated carbocycles. The summed E-state index contributed by atoms with van der Waals surface area (Å²) in [5.41, 5.74) is 6.83. The lowest BCUT2D eigenvalue weighted by molar-refractivity contribution is 0.0399. The first-order chi connectivity index (χ1) is 8.29. The summed E-state index contributed by atoms with van der Waals surface area (Å²) >= 11 is 0. The normalized spacial score (nSPS) is 29.8. The molecule has 108 valence electrons. The van der Waals surface area contributed by atoms with E-state index in [2.05, 4.69) is 51.6 Å². The van der Waals surface area contributed by atoms with E-state index in [1.54, 1.807) is 0 Å². The van der Waals surface area contributed by atoms with Crippen LogP contribution in [0.4, 0.5) is 0 Å². The van der Waals surface area contributed by atoms with Crippen molar-refractivity contribution >= 4 is 0 Å². The Bertz CT molecular complexity index is 250. The molecule has 0 spiro atoms. The Hall–Kier alpha value is -0.120. The fourth-order valence-electron chi connectivity index (χ4n) is 3.51. The summed E-state index contributed by atoms with van der Waals surface area (Å²) < 4.78 is 0. The van der Waals surface area contributed by atoms with E-state index in [9.17, 15) is 0 Å². The maximum atomic E-state index is 6.55. The Morgan fingerprint density at radius 2 is 1.94 bits per heavy atom. The third-order valence-electron chi connectivity index (χ3n) is 4.62. The van der Waals surface area contributed by atoms with Crippen LogP contribution in [0, 0.1) is 5.41 Å². The summed E-state index contributed by atoms with van der Waals surface area (Å²) in [4.78, 5) is 4.89. The Balaban J connectivity index is 2.74. The van der Waals surface area contributed by atoms with Crippen molar-refractivity contribution in [2.45, 2.75) is 65.1 Å². The standard InChI is InChI=1S/C15H33N3/c1-7-18(12(2)11-17(5)6)13-9-8-10-15(3,4)14(13)16/h12-14H,7-11,16H2,1-6H3. The average molecular weight is 255 g/mol. The minimum atomic E-state index is 0.286. The van der Waals surface area contributed by atoms with Crippen molar-refractivity contribution in [3.05, 3.63) is 0 Å². The van der Waals surface area contributed by atoms with Crippen LogP contribution in [0.3, 0.4) is 0 Å². The van der Waals surface area contributed by atoms with Crippen LogP contribution < -0.4 is 5.73 Å². The van der Waals surface area contributed by atoms with Gasteiger partial charge in [0, 0.05) is 24.7 Å². The molecule has 18 heavy (non-hydrogen) atoms. The lowest BCUT2D eigenvalue weighted by Crippen LogP contribution is -2.59.